The largest absolute Gasteiger partial charge is 0.394 e. The van der Waals surface area contributed by atoms with Crippen molar-refractivity contribution in [3.05, 3.63) is 0 Å². The molecule has 2 aliphatic rings. The molecule has 0 radical (unpaired) electrons. The zero-order valence-corrected chi connectivity index (χ0v) is 13.2. The maximum Gasteiger partial charge on any atom is 0.0613 e. The van der Waals surface area contributed by atoms with Crippen molar-refractivity contribution >= 4 is 0 Å². The first-order chi connectivity index (χ1) is 8.97. The van der Waals surface area contributed by atoms with Gasteiger partial charge in [0, 0.05) is 23.7 Å². The van der Waals surface area contributed by atoms with Crippen LogP contribution in [0.3, 0.4) is 0 Å². The van der Waals surface area contributed by atoms with Gasteiger partial charge in [-0.1, -0.05) is 13.8 Å². The van der Waals surface area contributed by atoms with Gasteiger partial charge in [-0.15, -0.1) is 0 Å². The lowest BCUT2D eigenvalue weighted by atomic mass is 9.78. The van der Waals surface area contributed by atoms with Gasteiger partial charge in [0.25, 0.3) is 0 Å². The third-order valence-electron chi connectivity index (χ3n) is 5.39. The van der Waals surface area contributed by atoms with Gasteiger partial charge in [0.2, 0.25) is 0 Å². The maximum absolute atomic E-state index is 9.88. The van der Waals surface area contributed by atoms with Crippen molar-refractivity contribution in [1.29, 1.82) is 0 Å². The molecule has 0 aromatic carbocycles. The van der Waals surface area contributed by atoms with Crippen LogP contribution in [0.5, 0.6) is 0 Å². The second kappa shape index (κ2) is 6.11. The number of rotatable bonds is 6. The summed E-state index contributed by atoms with van der Waals surface area (Å²) >= 11 is 0. The Bertz CT molecular complexity index is 290. The molecule has 2 saturated carbocycles. The van der Waals surface area contributed by atoms with Gasteiger partial charge in [-0.25, -0.2) is 0 Å². The minimum absolute atomic E-state index is 0.00492. The molecule has 2 aliphatic carbocycles. The summed E-state index contributed by atoms with van der Waals surface area (Å²) in [6.45, 7) is 7.22. The first-order valence-corrected chi connectivity index (χ1v) is 8.08. The van der Waals surface area contributed by atoms with Gasteiger partial charge in [0.1, 0.15) is 0 Å². The fraction of sp³-hybridized carbons (Fsp3) is 1.00. The lowest BCUT2D eigenvalue weighted by Crippen LogP contribution is -2.57. The summed E-state index contributed by atoms with van der Waals surface area (Å²) in [6.07, 6.45) is 7.35. The van der Waals surface area contributed by atoms with E-state index in [9.17, 15) is 5.11 Å². The van der Waals surface area contributed by atoms with Gasteiger partial charge in [-0.2, -0.15) is 0 Å². The van der Waals surface area contributed by atoms with E-state index in [1.807, 2.05) is 0 Å². The maximum atomic E-state index is 9.88. The molecule has 3 heteroatoms. The molecule has 0 heterocycles. The lowest BCUT2D eigenvalue weighted by Gasteiger charge is -2.46. The number of nitrogens with one attached hydrogen (secondary N) is 1. The normalized spacial score (nSPS) is 33.9. The molecule has 0 bridgehead atoms. The molecule has 19 heavy (non-hydrogen) atoms. The van der Waals surface area contributed by atoms with Crippen LogP contribution in [0.25, 0.3) is 0 Å². The van der Waals surface area contributed by atoms with Gasteiger partial charge in [-0.3, -0.25) is 0 Å². The second-order valence-electron chi connectivity index (χ2n) is 7.26. The van der Waals surface area contributed by atoms with E-state index in [-0.39, 0.29) is 5.54 Å². The second-order valence-corrected chi connectivity index (χ2v) is 7.26. The van der Waals surface area contributed by atoms with E-state index in [0.29, 0.717) is 30.7 Å². The molecule has 0 aromatic rings. The number of nitrogens with zero attached hydrogens (tertiary/aromatic N) is 1. The number of hydrogen-bond acceptors (Lipinski definition) is 3. The van der Waals surface area contributed by atoms with Crippen molar-refractivity contribution in [1.82, 2.24) is 10.2 Å². The molecule has 2 rings (SSSR count). The van der Waals surface area contributed by atoms with Crippen LogP contribution in [0.4, 0.5) is 0 Å². The molecule has 3 atom stereocenters. The van der Waals surface area contributed by atoms with E-state index in [4.69, 9.17) is 0 Å². The highest BCUT2D eigenvalue weighted by molar-refractivity contribution is 5.00. The highest BCUT2D eigenvalue weighted by Gasteiger charge is 2.41. The van der Waals surface area contributed by atoms with Crippen molar-refractivity contribution in [2.45, 2.75) is 83.0 Å². The molecule has 3 nitrogen and oxygen atoms in total. The summed E-state index contributed by atoms with van der Waals surface area (Å²) in [5.74, 6) is 0.687. The standard InChI is InChI=1S/C16H32N2O/c1-12(2)13(3)18(4)15-6-5-9-16(10-15,11-19)17-14-7-8-14/h12-15,17,19H,5-11H2,1-4H3. The summed E-state index contributed by atoms with van der Waals surface area (Å²) in [5, 5.41) is 13.6. The molecule has 0 aliphatic heterocycles. The van der Waals surface area contributed by atoms with E-state index >= 15 is 0 Å². The van der Waals surface area contributed by atoms with Crippen LogP contribution < -0.4 is 5.32 Å². The fourth-order valence-electron chi connectivity index (χ4n) is 3.46. The zero-order valence-electron chi connectivity index (χ0n) is 13.2. The Morgan fingerprint density at radius 1 is 1.26 bits per heavy atom. The molecule has 0 spiro atoms. The minimum Gasteiger partial charge on any atom is -0.394 e. The summed E-state index contributed by atoms with van der Waals surface area (Å²) in [6, 6.07) is 1.91. The van der Waals surface area contributed by atoms with Crippen molar-refractivity contribution in [3.8, 4) is 0 Å². The summed E-state index contributed by atoms with van der Waals surface area (Å²) in [4.78, 5) is 2.54. The molecular weight excluding hydrogens is 236 g/mol. The van der Waals surface area contributed by atoms with Crippen LogP contribution in [0, 0.1) is 5.92 Å². The van der Waals surface area contributed by atoms with Crippen molar-refractivity contribution < 1.29 is 5.11 Å². The van der Waals surface area contributed by atoms with E-state index in [1.165, 1.54) is 25.7 Å². The first-order valence-electron chi connectivity index (χ1n) is 8.08. The fourth-order valence-corrected chi connectivity index (χ4v) is 3.46. The van der Waals surface area contributed by atoms with Crippen LogP contribution in [0.2, 0.25) is 0 Å². The highest BCUT2D eigenvalue weighted by atomic mass is 16.3. The van der Waals surface area contributed by atoms with Crippen molar-refractivity contribution in [3.63, 3.8) is 0 Å². The molecule has 0 amide bonds. The molecule has 3 unspecified atom stereocenters. The van der Waals surface area contributed by atoms with Crippen LogP contribution >= 0.6 is 0 Å². The van der Waals surface area contributed by atoms with Crippen molar-refractivity contribution in [2.75, 3.05) is 13.7 Å². The molecule has 2 fully saturated rings. The summed E-state index contributed by atoms with van der Waals surface area (Å²) in [5.41, 5.74) is -0.00492. The smallest absolute Gasteiger partial charge is 0.0613 e. The highest BCUT2D eigenvalue weighted by Crippen LogP contribution is 2.35. The molecular formula is C16H32N2O. The Balaban J connectivity index is 1.98. The van der Waals surface area contributed by atoms with Gasteiger partial charge in [0.05, 0.1) is 6.61 Å². The molecule has 0 aromatic heterocycles. The number of hydrogen-bond donors (Lipinski definition) is 2. The average Bonchev–Trinajstić information content (AvgIpc) is 3.21. The predicted molar refractivity (Wildman–Crippen MR) is 80.3 cm³/mol. The third-order valence-corrected chi connectivity index (χ3v) is 5.39. The Labute approximate surface area is 118 Å². The van der Waals surface area contributed by atoms with Crippen molar-refractivity contribution in [2.24, 2.45) is 5.92 Å². The zero-order chi connectivity index (χ0) is 14.0. The summed E-state index contributed by atoms with van der Waals surface area (Å²) < 4.78 is 0. The van der Waals surface area contributed by atoms with Gasteiger partial charge in [0.15, 0.2) is 0 Å². The molecule has 0 saturated heterocycles. The van der Waals surface area contributed by atoms with Crippen LogP contribution in [-0.2, 0) is 0 Å². The third kappa shape index (κ3) is 3.71. The van der Waals surface area contributed by atoms with Gasteiger partial charge >= 0.3 is 0 Å². The predicted octanol–water partition coefficient (Wildman–Crippen LogP) is 2.39. The molecule has 112 valence electrons. The lowest BCUT2D eigenvalue weighted by molar-refractivity contribution is 0.0454. The van der Waals surface area contributed by atoms with Gasteiger partial charge < -0.3 is 15.3 Å². The SMILES string of the molecule is CC(C)C(C)N(C)C1CCCC(CO)(NC2CC2)C1. The van der Waals surface area contributed by atoms with Crippen LogP contribution in [0.1, 0.15) is 59.3 Å². The minimum atomic E-state index is -0.00492. The first kappa shape index (κ1) is 15.3. The Morgan fingerprint density at radius 2 is 1.95 bits per heavy atom. The summed E-state index contributed by atoms with van der Waals surface area (Å²) in [7, 11) is 2.26. The number of aliphatic hydroxyl groups is 1. The monoisotopic (exact) mass is 268 g/mol. The van der Waals surface area contributed by atoms with E-state index in [1.54, 1.807) is 0 Å². The van der Waals surface area contributed by atoms with E-state index < -0.39 is 0 Å². The van der Waals surface area contributed by atoms with Crippen LogP contribution in [0.15, 0.2) is 0 Å². The Morgan fingerprint density at radius 3 is 2.47 bits per heavy atom. The van der Waals surface area contributed by atoms with E-state index in [2.05, 4.69) is 38.0 Å². The van der Waals surface area contributed by atoms with E-state index in [0.717, 1.165) is 12.8 Å². The van der Waals surface area contributed by atoms with Crippen LogP contribution in [-0.4, -0.2) is 47.3 Å². The molecule has 2 N–H and O–H groups in total. The topological polar surface area (TPSA) is 35.5 Å². The van der Waals surface area contributed by atoms with Gasteiger partial charge in [-0.05, 0) is 58.4 Å². The quantitative estimate of drug-likeness (QED) is 0.776. The Kier molecular flexibility index (Phi) is 4.91. The number of aliphatic hydroxyl groups excluding tert-OH is 1. The average molecular weight is 268 g/mol. The Hall–Kier alpha value is -0.120.